The van der Waals surface area contributed by atoms with Gasteiger partial charge in [-0.3, -0.25) is 4.79 Å². The third-order valence-electron chi connectivity index (χ3n) is 4.09. The molecule has 1 fully saturated rings. The molecule has 0 saturated carbocycles. The van der Waals surface area contributed by atoms with Crippen molar-refractivity contribution in [3.63, 3.8) is 0 Å². The number of aryl methyl sites for hydroxylation is 1. The lowest BCUT2D eigenvalue weighted by atomic mass is 10.1. The van der Waals surface area contributed by atoms with Crippen LogP contribution in [0.25, 0.3) is 0 Å². The Hall–Kier alpha value is -1.42. The quantitative estimate of drug-likeness (QED) is 0.873. The Bertz CT molecular complexity index is 484. The van der Waals surface area contributed by atoms with E-state index in [0.29, 0.717) is 17.2 Å². The second kappa shape index (κ2) is 7.55. The molecule has 3 nitrogen and oxygen atoms in total. The van der Waals surface area contributed by atoms with Gasteiger partial charge < -0.3 is 10.2 Å². The fourth-order valence-corrected chi connectivity index (χ4v) is 2.84. The molecule has 1 heterocycles. The monoisotopic (exact) mass is 292 g/mol. The van der Waals surface area contributed by atoms with E-state index >= 15 is 0 Å². The van der Waals surface area contributed by atoms with Crippen LogP contribution in [0, 0.1) is 12.7 Å². The molecule has 116 valence electrons. The van der Waals surface area contributed by atoms with Crippen molar-refractivity contribution in [2.24, 2.45) is 0 Å². The Morgan fingerprint density at radius 1 is 1.48 bits per heavy atom. The molecule has 21 heavy (non-hydrogen) atoms. The van der Waals surface area contributed by atoms with E-state index in [1.54, 1.807) is 13.0 Å². The van der Waals surface area contributed by atoms with Crippen LogP contribution in [0.1, 0.15) is 48.5 Å². The number of amides is 1. The predicted molar refractivity (Wildman–Crippen MR) is 83.0 cm³/mol. The maximum absolute atomic E-state index is 13.2. The van der Waals surface area contributed by atoms with Crippen LogP contribution in [0.4, 0.5) is 4.39 Å². The second-order valence-electron chi connectivity index (χ2n) is 5.86. The van der Waals surface area contributed by atoms with Crippen LogP contribution in [0.3, 0.4) is 0 Å². The zero-order valence-electron chi connectivity index (χ0n) is 13.0. The highest BCUT2D eigenvalue weighted by atomic mass is 19.1. The first-order chi connectivity index (χ1) is 10.1. The number of hydrogen-bond acceptors (Lipinski definition) is 2. The summed E-state index contributed by atoms with van der Waals surface area (Å²) in [6.07, 6.45) is 4.36. The third kappa shape index (κ3) is 4.27. The number of rotatable bonds is 6. The Labute approximate surface area is 126 Å². The van der Waals surface area contributed by atoms with Gasteiger partial charge >= 0.3 is 0 Å². The SMILES string of the molecule is CCCCN(CC1CCCN1)C(=O)c1ccc(F)cc1C. The minimum Gasteiger partial charge on any atom is -0.337 e. The number of hydrogen-bond donors (Lipinski definition) is 1. The summed E-state index contributed by atoms with van der Waals surface area (Å²) in [5, 5.41) is 3.44. The molecule has 1 aromatic carbocycles. The summed E-state index contributed by atoms with van der Waals surface area (Å²) < 4.78 is 13.2. The molecular formula is C17H25FN2O. The molecule has 0 radical (unpaired) electrons. The van der Waals surface area contributed by atoms with Crippen molar-refractivity contribution < 1.29 is 9.18 Å². The fourth-order valence-electron chi connectivity index (χ4n) is 2.84. The molecule has 1 aliphatic heterocycles. The first-order valence-electron chi connectivity index (χ1n) is 7.90. The molecule has 2 rings (SSSR count). The molecule has 1 amide bonds. The van der Waals surface area contributed by atoms with E-state index in [1.165, 1.54) is 18.6 Å². The van der Waals surface area contributed by atoms with Crippen LogP contribution in [0.2, 0.25) is 0 Å². The maximum atomic E-state index is 13.2. The number of nitrogens with zero attached hydrogens (tertiary/aromatic N) is 1. The van der Waals surface area contributed by atoms with Gasteiger partial charge in [0.25, 0.3) is 5.91 Å². The number of carbonyl (C=O) groups is 1. The summed E-state index contributed by atoms with van der Waals surface area (Å²) in [4.78, 5) is 14.7. The van der Waals surface area contributed by atoms with E-state index in [0.717, 1.165) is 38.9 Å². The minimum absolute atomic E-state index is 0.0228. The lowest BCUT2D eigenvalue weighted by Gasteiger charge is -2.26. The molecule has 1 N–H and O–H groups in total. The van der Waals surface area contributed by atoms with Gasteiger partial charge in [-0.25, -0.2) is 4.39 Å². The van der Waals surface area contributed by atoms with Crippen LogP contribution < -0.4 is 5.32 Å². The Morgan fingerprint density at radius 3 is 2.90 bits per heavy atom. The van der Waals surface area contributed by atoms with Gasteiger partial charge in [0, 0.05) is 24.7 Å². The molecule has 1 saturated heterocycles. The molecule has 1 atom stereocenters. The van der Waals surface area contributed by atoms with E-state index < -0.39 is 0 Å². The standard InChI is InChI=1S/C17H25FN2O/c1-3-4-10-20(12-15-6-5-9-19-15)17(21)16-8-7-14(18)11-13(16)2/h7-8,11,15,19H,3-6,9-10,12H2,1-2H3. The normalized spacial score (nSPS) is 18.0. The zero-order valence-corrected chi connectivity index (χ0v) is 13.0. The van der Waals surface area contributed by atoms with Crippen molar-refractivity contribution in [2.75, 3.05) is 19.6 Å². The number of benzene rings is 1. The minimum atomic E-state index is -0.290. The van der Waals surface area contributed by atoms with Crippen molar-refractivity contribution in [1.29, 1.82) is 0 Å². The van der Waals surface area contributed by atoms with E-state index in [1.807, 2.05) is 4.90 Å². The summed E-state index contributed by atoms with van der Waals surface area (Å²) in [6.45, 7) is 6.47. The smallest absolute Gasteiger partial charge is 0.254 e. The van der Waals surface area contributed by atoms with Gasteiger partial charge in [-0.1, -0.05) is 13.3 Å². The summed E-state index contributed by atoms with van der Waals surface area (Å²) in [7, 11) is 0. The topological polar surface area (TPSA) is 32.3 Å². The van der Waals surface area contributed by atoms with Crippen molar-refractivity contribution >= 4 is 5.91 Å². The lowest BCUT2D eigenvalue weighted by Crippen LogP contribution is -2.41. The number of unbranched alkanes of at least 4 members (excludes halogenated alkanes) is 1. The molecule has 4 heteroatoms. The van der Waals surface area contributed by atoms with Gasteiger partial charge in [0.15, 0.2) is 0 Å². The highest BCUT2D eigenvalue weighted by Gasteiger charge is 2.23. The lowest BCUT2D eigenvalue weighted by molar-refractivity contribution is 0.0738. The van der Waals surface area contributed by atoms with E-state index in [9.17, 15) is 9.18 Å². The van der Waals surface area contributed by atoms with Crippen molar-refractivity contribution in [3.05, 3.63) is 35.1 Å². The Morgan fingerprint density at radius 2 is 2.29 bits per heavy atom. The van der Waals surface area contributed by atoms with Crippen LogP contribution in [-0.4, -0.2) is 36.5 Å². The third-order valence-corrected chi connectivity index (χ3v) is 4.09. The van der Waals surface area contributed by atoms with Gasteiger partial charge in [-0.15, -0.1) is 0 Å². The molecule has 1 unspecified atom stereocenters. The first-order valence-corrected chi connectivity index (χ1v) is 7.90. The average molecular weight is 292 g/mol. The zero-order chi connectivity index (χ0) is 15.2. The van der Waals surface area contributed by atoms with Gasteiger partial charge in [0.1, 0.15) is 5.82 Å². The van der Waals surface area contributed by atoms with Gasteiger partial charge in [0.2, 0.25) is 0 Å². The van der Waals surface area contributed by atoms with E-state index in [4.69, 9.17) is 0 Å². The molecule has 0 aromatic heterocycles. The average Bonchev–Trinajstić information content (AvgIpc) is 2.95. The van der Waals surface area contributed by atoms with E-state index in [-0.39, 0.29) is 11.7 Å². The Kier molecular flexibility index (Phi) is 5.74. The van der Waals surface area contributed by atoms with Crippen LogP contribution in [-0.2, 0) is 0 Å². The highest BCUT2D eigenvalue weighted by Crippen LogP contribution is 2.15. The summed E-state index contributed by atoms with van der Waals surface area (Å²) in [5.74, 6) is -0.267. The maximum Gasteiger partial charge on any atom is 0.254 e. The first kappa shape index (κ1) is 16.0. The van der Waals surface area contributed by atoms with Gasteiger partial charge in [0.05, 0.1) is 0 Å². The largest absolute Gasteiger partial charge is 0.337 e. The second-order valence-corrected chi connectivity index (χ2v) is 5.86. The van der Waals surface area contributed by atoms with Crippen molar-refractivity contribution in [2.45, 2.75) is 45.6 Å². The molecule has 0 bridgehead atoms. The van der Waals surface area contributed by atoms with Crippen molar-refractivity contribution in [3.8, 4) is 0 Å². The molecule has 1 aliphatic rings. The molecule has 1 aromatic rings. The predicted octanol–water partition coefficient (Wildman–Crippen LogP) is 3.13. The number of nitrogens with one attached hydrogen (secondary N) is 1. The van der Waals surface area contributed by atoms with Crippen molar-refractivity contribution in [1.82, 2.24) is 10.2 Å². The Balaban J connectivity index is 2.11. The summed E-state index contributed by atoms with van der Waals surface area (Å²) in [5.41, 5.74) is 1.33. The molecular weight excluding hydrogens is 267 g/mol. The highest BCUT2D eigenvalue weighted by molar-refractivity contribution is 5.95. The van der Waals surface area contributed by atoms with E-state index in [2.05, 4.69) is 12.2 Å². The fraction of sp³-hybridized carbons (Fsp3) is 0.588. The molecule has 0 spiro atoms. The molecule has 0 aliphatic carbocycles. The van der Waals surface area contributed by atoms with Gasteiger partial charge in [-0.2, -0.15) is 0 Å². The van der Waals surface area contributed by atoms with Crippen LogP contribution in [0.15, 0.2) is 18.2 Å². The number of halogens is 1. The number of carbonyl (C=O) groups excluding carboxylic acids is 1. The van der Waals surface area contributed by atoms with Crippen LogP contribution >= 0.6 is 0 Å². The van der Waals surface area contributed by atoms with Gasteiger partial charge in [-0.05, 0) is 56.5 Å². The summed E-state index contributed by atoms with van der Waals surface area (Å²) in [6, 6.07) is 4.80. The van der Waals surface area contributed by atoms with Crippen LogP contribution in [0.5, 0.6) is 0 Å². The summed E-state index contributed by atoms with van der Waals surface area (Å²) >= 11 is 0.